The molecule has 0 radical (unpaired) electrons. The van der Waals surface area contributed by atoms with Crippen molar-refractivity contribution in [2.24, 2.45) is 11.8 Å². The first-order valence-corrected chi connectivity index (χ1v) is 35.9. The SMILES string of the molecule is CC(C)N1CCC(F)CC1.CC(C)N1CCC1.CC(C)N1CCCC(F)(F)C1.CC(C)N1CCCC1.CC(C)N1CCCCC1.CC(C)N1CCN(C)CC1.CC(C)N1CCOCC1.CC1CC(C)CN(C(C)C)C1.CC1CN(C(C)C)CC(C)O1. The van der Waals surface area contributed by atoms with E-state index in [2.05, 4.69) is 190 Å². The fraction of sp³-hybridized carbons (Fsp3) is 1.00. The normalized spacial score (nSPS) is 26.5. The van der Waals surface area contributed by atoms with Gasteiger partial charge in [0.15, 0.2) is 0 Å². The molecule has 0 N–H and O–H groups in total. The van der Waals surface area contributed by atoms with Gasteiger partial charge in [0, 0.05) is 139 Å². The number of ether oxygens (including phenoxy) is 2. The van der Waals surface area contributed by atoms with Gasteiger partial charge in [0.05, 0.1) is 32.0 Å². The lowest BCUT2D eigenvalue weighted by atomic mass is 9.91. The fourth-order valence-electron chi connectivity index (χ4n) is 12.6. The Kier molecular flexibility index (Phi) is 44.9. The quantitative estimate of drug-likeness (QED) is 0.221. The maximum absolute atomic E-state index is 12.8. The molecule has 0 aliphatic carbocycles. The first-order valence-electron chi connectivity index (χ1n) is 35.9. The number of morpholine rings is 2. The second-order valence-electron chi connectivity index (χ2n) is 29.8. The van der Waals surface area contributed by atoms with Crippen LogP contribution in [0, 0.1) is 11.8 Å². The molecule has 9 aliphatic heterocycles. The molecule has 12 nitrogen and oxygen atoms in total. The highest BCUT2D eigenvalue weighted by Gasteiger charge is 2.36. The number of halogens is 3. The molecule has 86 heavy (non-hydrogen) atoms. The largest absolute Gasteiger partial charge is 0.379 e. The summed E-state index contributed by atoms with van der Waals surface area (Å²) in [6, 6.07) is 5.98. The van der Waals surface area contributed by atoms with E-state index in [4.69, 9.17) is 9.47 Å². The molecule has 9 fully saturated rings. The van der Waals surface area contributed by atoms with Crippen LogP contribution in [0.3, 0.4) is 0 Å². The van der Waals surface area contributed by atoms with Crippen molar-refractivity contribution in [2.45, 2.75) is 302 Å². The van der Waals surface area contributed by atoms with Crippen LogP contribution < -0.4 is 0 Å². The number of piperidine rings is 4. The zero-order valence-corrected chi connectivity index (χ0v) is 61.3. The summed E-state index contributed by atoms with van der Waals surface area (Å²) in [5, 5.41) is 0. The molecule has 9 saturated heterocycles. The summed E-state index contributed by atoms with van der Waals surface area (Å²) in [6.45, 7) is 73.4. The van der Waals surface area contributed by atoms with Crippen LogP contribution in [0.2, 0.25) is 0 Å². The van der Waals surface area contributed by atoms with E-state index in [1.165, 1.54) is 123 Å². The summed E-state index contributed by atoms with van der Waals surface area (Å²) < 4.78 is 49.0. The first-order chi connectivity index (χ1) is 40.3. The molecule has 516 valence electrons. The molecule has 0 aromatic heterocycles. The number of likely N-dealkylation sites (N-methyl/N-ethyl adjacent to an activating group) is 1. The van der Waals surface area contributed by atoms with E-state index in [9.17, 15) is 13.2 Å². The van der Waals surface area contributed by atoms with E-state index in [-0.39, 0.29) is 19.0 Å². The third-order valence-corrected chi connectivity index (χ3v) is 18.8. The van der Waals surface area contributed by atoms with Gasteiger partial charge >= 0.3 is 0 Å². The van der Waals surface area contributed by atoms with Gasteiger partial charge in [-0.3, -0.25) is 19.6 Å². The highest BCUT2D eigenvalue weighted by Crippen LogP contribution is 2.27. The van der Waals surface area contributed by atoms with Crippen LogP contribution >= 0.6 is 0 Å². The van der Waals surface area contributed by atoms with Crippen LogP contribution in [-0.4, -0.2) is 279 Å². The van der Waals surface area contributed by atoms with Crippen molar-refractivity contribution in [1.82, 2.24) is 49.0 Å². The number of alkyl halides is 3. The van der Waals surface area contributed by atoms with Gasteiger partial charge in [-0.2, -0.15) is 0 Å². The summed E-state index contributed by atoms with van der Waals surface area (Å²) in [5.41, 5.74) is 0. The average Bonchev–Trinajstić information content (AvgIpc) is 4.11. The van der Waals surface area contributed by atoms with Gasteiger partial charge in [-0.05, 0) is 261 Å². The summed E-state index contributed by atoms with van der Waals surface area (Å²) >= 11 is 0. The standard InChI is InChI=1S/C10H21N.C9H19NO.C8H15F2N.C8H16FN.C8H18N2.C8H17N.C7H15NO.C7H15N.C6H13N/c1-8(2)11-6-9(3)5-10(4)7-11;1-7(2)10-5-8(3)11-9(4)6-10;1-7(2)11-5-3-4-8(9,10)6-11;1-7(2)10-5-3-8(9)4-6-10;1-8(2)10-6-4-9(3)5-7-10;1-8(2)9-6-4-3-5-7-9;1-7(2)8-3-5-9-6-4-8;1-7(2)8-5-3-4-6-8;1-6(2)7-4-3-5-7/h8-10H,5-7H2,1-4H3;7-9H,5-6H2,1-4H3;7H,3-6H2,1-2H3;7-8H,3-6H2,1-2H3;8H,4-7H2,1-3H3;8H,3-7H2,1-2H3;7H,3-6H2,1-2H3;7H,3-6H2,1-2H3;6H,3-5H2,1-2H3. The van der Waals surface area contributed by atoms with E-state index >= 15 is 0 Å². The summed E-state index contributed by atoms with van der Waals surface area (Å²) in [7, 11) is 2.19. The second-order valence-corrected chi connectivity index (χ2v) is 29.8. The van der Waals surface area contributed by atoms with E-state index in [1.807, 2.05) is 18.7 Å². The highest BCUT2D eigenvalue weighted by atomic mass is 19.3. The van der Waals surface area contributed by atoms with Gasteiger partial charge < -0.3 is 38.9 Å². The van der Waals surface area contributed by atoms with Crippen molar-refractivity contribution >= 4 is 0 Å². The Morgan fingerprint density at radius 3 is 0.977 bits per heavy atom. The smallest absolute Gasteiger partial charge is 0.260 e. The third-order valence-electron chi connectivity index (χ3n) is 18.8. The molecular formula is C71H149F3N10O2. The van der Waals surface area contributed by atoms with Crippen LogP contribution in [0.1, 0.15) is 223 Å². The van der Waals surface area contributed by atoms with Gasteiger partial charge in [-0.25, -0.2) is 13.2 Å². The summed E-state index contributed by atoms with van der Waals surface area (Å²) in [5.74, 6) is -0.634. The van der Waals surface area contributed by atoms with E-state index in [0.717, 1.165) is 114 Å². The predicted molar refractivity (Wildman–Crippen MR) is 368 cm³/mol. The van der Waals surface area contributed by atoms with Gasteiger partial charge in [-0.1, -0.05) is 20.3 Å². The zero-order chi connectivity index (χ0) is 65.1. The van der Waals surface area contributed by atoms with Crippen LogP contribution in [0.5, 0.6) is 0 Å². The monoisotopic (exact) mass is 1230 g/mol. The second kappa shape index (κ2) is 46.4. The minimum Gasteiger partial charge on any atom is -0.379 e. The Hall–Kier alpha value is -0.690. The number of likely N-dealkylation sites (tertiary alicyclic amines) is 6. The van der Waals surface area contributed by atoms with Crippen LogP contribution in [0.4, 0.5) is 13.2 Å². The molecule has 15 heteroatoms. The Labute approximate surface area is 534 Å². The molecule has 0 aromatic rings. The predicted octanol–water partition coefficient (Wildman–Crippen LogP) is 13.7. The molecule has 0 bridgehead atoms. The molecular weight excluding hydrogens is 1080 g/mol. The highest BCUT2D eigenvalue weighted by molar-refractivity contribution is 4.81. The maximum atomic E-state index is 12.8. The average molecular weight is 1230 g/mol. The number of hydrogen-bond donors (Lipinski definition) is 0. The number of rotatable bonds is 9. The van der Waals surface area contributed by atoms with Crippen LogP contribution in [0.15, 0.2) is 0 Å². The minimum absolute atomic E-state index is 0.0509. The lowest BCUT2D eigenvalue weighted by molar-refractivity contribution is -0.0764. The maximum Gasteiger partial charge on any atom is 0.260 e. The number of nitrogens with zero attached hydrogens (tertiary/aromatic N) is 10. The van der Waals surface area contributed by atoms with Crippen molar-refractivity contribution in [1.29, 1.82) is 0 Å². The van der Waals surface area contributed by atoms with Crippen molar-refractivity contribution in [2.75, 3.05) is 151 Å². The van der Waals surface area contributed by atoms with Gasteiger partial charge in [0.1, 0.15) is 6.17 Å². The summed E-state index contributed by atoms with van der Waals surface area (Å²) in [6.07, 6.45) is 12.4. The Morgan fingerprint density at radius 1 is 0.349 bits per heavy atom. The Morgan fingerprint density at radius 2 is 0.663 bits per heavy atom. The third kappa shape index (κ3) is 39.0. The van der Waals surface area contributed by atoms with Crippen molar-refractivity contribution in [3.8, 4) is 0 Å². The van der Waals surface area contributed by atoms with Gasteiger partial charge in [0.2, 0.25) is 0 Å². The number of piperazine rings is 1. The molecule has 0 spiro atoms. The van der Waals surface area contributed by atoms with Crippen LogP contribution in [0.25, 0.3) is 0 Å². The molecule has 4 unspecified atom stereocenters. The molecule has 9 heterocycles. The van der Waals surface area contributed by atoms with Crippen LogP contribution in [-0.2, 0) is 9.47 Å². The van der Waals surface area contributed by atoms with Gasteiger partial charge in [0.25, 0.3) is 5.92 Å². The minimum atomic E-state index is -2.44. The van der Waals surface area contributed by atoms with Crippen molar-refractivity contribution in [3.63, 3.8) is 0 Å². The molecule has 4 atom stereocenters. The van der Waals surface area contributed by atoms with E-state index in [1.54, 1.807) is 0 Å². The molecule has 0 aromatic carbocycles. The lowest BCUT2D eigenvalue weighted by Crippen LogP contribution is -2.48. The van der Waals surface area contributed by atoms with E-state index < -0.39 is 12.1 Å². The topological polar surface area (TPSA) is 50.9 Å². The fourth-order valence-corrected chi connectivity index (χ4v) is 12.6. The van der Waals surface area contributed by atoms with Crippen molar-refractivity contribution in [3.05, 3.63) is 0 Å². The first kappa shape index (κ1) is 83.3. The van der Waals surface area contributed by atoms with Crippen molar-refractivity contribution < 1.29 is 22.6 Å². The Balaban J connectivity index is 0.000000485. The molecule has 0 amide bonds. The Bertz CT molecular complexity index is 1450. The molecule has 0 saturated carbocycles. The number of hydrogen-bond acceptors (Lipinski definition) is 12. The zero-order valence-electron chi connectivity index (χ0n) is 61.3. The lowest BCUT2D eigenvalue weighted by Gasteiger charge is -2.37. The van der Waals surface area contributed by atoms with E-state index in [0.29, 0.717) is 36.8 Å². The summed E-state index contributed by atoms with van der Waals surface area (Å²) in [4.78, 5) is 24.1. The van der Waals surface area contributed by atoms with Gasteiger partial charge in [-0.15, -0.1) is 0 Å². The molecule has 9 rings (SSSR count). The molecule has 9 aliphatic rings.